The van der Waals surface area contributed by atoms with E-state index in [1.165, 1.54) is 23.5 Å². The van der Waals surface area contributed by atoms with Crippen LogP contribution in [0.25, 0.3) is 12.2 Å². The Balaban J connectivity index is 1.85. The summed E-state index contributed by atoms with van der Waals surface area (Å²) in [6.45, 7) is 3.38. The molecule has 0 aromatic carbocycles. The summed E-state index contributed by atoms with van der Waals surface area (Å²) >= 11 is 1.46. The number of anilines is 1. The minimum absolute atomic E-state index is 0.607. The second-order valence-electron chi connectivity index (χ2n) is 4.81. The molecule has 0 fully saturated rings. The minimum atomic E-state index is 0.607. The van der Waals surface area contributed by atoms with E-state index in [0.29, 0.717) is 5.13 Å². The number of nitrogens with zero attached hydrogens (tertiary/aromatic N) is 3. The number of nitrogen functional groups attached to an aromatic ring is 1. The molecule has 1 atom stereocenters. The lowest BCUT2D eigenvalue weighted by molar-refractivity contribution is 0.416. The predicted octanol–water partition coefficient (Wildman–Crippen LogP) is 2.67. The second kappa shape index (κ2) is 4.57. The number of aryl methyl sites for hydroxylation is 1. The molecular formula is C13H16N4S. The number of aromatic nitrogens is 3. The first-order valence-electron chi connectivity index (χ1n) is 6.15. The Kier molecular flexibility index (Phi) is 2.91. The van der Waals surface area contributed by atoms with Gasteiger partial charge in [0, 0.05) is 17.6 Å². The molecule has 4 nitrogen and oxygen atoms in total. The van der Waals surface area contributed by atoms with Crippen molar-refractivity contribution in [1.82, 2.24) is 14.5 Å². The SMILES string of the molecule is CC1CCn2cnc(/C=C/c3csc(N)n3)c2C1. The molecule has 2 aromatic rings. The Morgan fingerprint density at radius 1 is 1.50 bits per heavy atom. The molecule has 94 valence electrons. The molecule has 1 unspecified atom stereocenters. The summed E-state index contributed by atoms with van der Waals surface area (Å²) < 4.78 is 2.26. The highest BCUT2D eigenvalue weighted by Crippen LogP contribution is 2.23. The minimum Gasteiger partial charge on any atom is -0.375 e. The van der Waals surface area contributed by atoms with Crippen LogP contribution in [0.2, 0.25) is 0 Å². The van der Waals surface area contributed by atoms with Crippen LogP contribution < -0.4 is 5.73 Å². The monoisotopic (exact) mass is 260 g/mol. The molecule has 1 aliphatic heterocycles. The standard InChI is InChI=1S/C13H16N4S/c1-9-4-5-17-8-15-11(12(17)6-9)3-2-10-7-18-13(14)16-10/h2-3,7-9H,4-6H2,1H3,(H2,14,16)/b3-2+. The molecule has 1 aliphatic rings. The zero-order chi connectivity index (χ0) is 12.5. The number of hydrogen-bond acceptors (Lipinski definition) is 4. The third-order valence-electron chi connectivity index (χ3n) is 3.33. The molecule has 2 N–H and O–H groups in total. The summed E-state index contributed by atoms with van der Waals surface area (Å²) in [4.78, 5) is 8.69. The van der Waals surface area contributed by atoms with E-state index in [2.05, 4.69) is 21.5 Å². The van der Waals surface area contributed by atoms with Gasteiger partial charge < -0.3 is 10.3 Å². The molecule has 0 radical (unpaired) electrons. The molecule has 0 bridgehead atoms. The second-order valence-corrected chi connectivity index (χ2v) is 5.70. The number of thiazole rings is 1. The Morgan fingerprint density at radius 2 is 2.39 bits per heavy atom. The quantitative estimate of drug-likeness (QED) is 0.903. The van der Waals surface area contributed by atoms with E-state index in [-0.39, 0.29) is 0 Å². The number of imidazole rings is 1. The molecular weight excluding hydrogens is 244 g/mol. The Labute approximate surface area is 110 Å². The fourth-order valence-corrected chi connectivity index (χ4v) is 2.84. The van der Waals surface area contributed by atoms with Gasteiger partial charge in [0.25, 0.3) is 0 Å². The first-order valence-corrected chi connectivity index (χ1v) is 7.03. The van der Waals surface area contributed by atoms with Gasteiger partial charge in [-0.25, -0.2) is 9.97 Å². The van der Waals surface area contributed by atoms with Crippen LogP contribution in [0.5, 0.6) is 0 Å². The van der Waals surface area contributed by atoms with E-state index in [9.17, 15) is 0 Å². The van der Waals surface area contributed by atoms with Crippen LogP contribution in [0, 0.1) is 5.92 Å². The highest BCUT2D eigenvalue weighted by atomic mass is 32.1. The van der Waals surface area contributed by atoms with Gasteiger partial charge in [-0.1, -0.05) is 6.92 Å². The Hall–Kier alpha value is -1.62. The van der Waals surface area contributed by atoms with Crippen LogP contribution in [-0.4, -0.2) is 14.5 Å². The maximum atomic E-state index is 5.61. The predicted molar refractivity (Wildman–Crippen MR) is 75.2 cm³/mol. The van der Waals surface area contributed by atoms with Crippen molar-refractivity contribution >= 4 is 28.6 Å². The molecule has 0 aliphatic carbocycles. The van der Waals surface area contributed by atoms with Crippen LogP contribution in [0.15, 0.2) is 11.7 Å². The Bertz CT molecular complexity index is 582. The maximum Gasteiger partial charge on any atom is 0.180 e. The number of rotatable bonds is 2. The summed E-state index contributed by atoms with van der Waals surface area (Å²) in [5.74, 6) is 0.747. The average Bonchev–Trinajstić information content (AvgIpc) is 2.93. The van der Waals surface area contributed by atoms with Crippen molar-refractivity contribution in [2.45, 2.75) is 26.3 Å². The number of hydrogen-bond donors (Lipinski definition) is 1. The first kappa shape index (κ1) is 11.5. The lowest BCUT2D eigenvalue weighted by Crippen LogP contribution is -2.16. The van der Waals surface area contributed by atoms with Crippen molar-refractivity contribution in [3.05, 3.63) is 28.8 Å². The third-order valence-corrected chi connectivity index (χ3v) is 4.03. The molecule has 0 saturated heterocycles. The van der Waals surface area contributed by atoms with Gasteiger partial charge in [0.1, 0.15) is 0 Å². The van der Waals surface area contributed by atoms with E-state index >= 15 is 0 Å². The van der Waals surface area contributed by atoms with Crippen molar-refractivity contribution in [3.63, 3.8) is 0 Å². The van der Waals surface area contributed by atoms with E-state index < -0.39 is 0 Å². The van der Waals surface area contributed by atoms with Gasteiger partial charge in [-0.05, 0) is 30.9 Å². The average molecular weight is 260 g/mol. The largest absolute Gasteiger partial charge is 0.375 e. The van der Waals surface area contributed by atoms with Crippen LogP contribution >= 0.6 is 11.3 Å². The summed E-state index contributed by atoms with van der Waals surface area (Å²) in [6.07, 6.45) is 8.32. The number of nitrogens with two attached hydrogens (primary N) is 1. The molecule has 18 heavy (non-hydrogen) atoms. The van der Waals surface area contributed by atoms with E-state index in [1.807, 2.05) is 23.9 Å². The lowest BCUT2D eigenvalue weighted by Gasteiger charge is -2.20. The van der Waals surface area contributed by atoms with Crippen molar-refractivity contribution in [1.29, 1.82) is 0 Å². The van der Waals surface area contributed by atoms with Crippen molar-refractivity contribution < 1.29 is 0 Å². The van der Waals surface area contributed by atoms with Crippen LogP contribution in [0.1, 0.15) is 30.4 Å². The van der Waals surface area contributed by atoms with Crippen molar-refractivity contribution in [2.75, 3.05) is 5.73 Å². The molecule has 5 heteroatoms. The van der Waals surface area contributed by atoms with Gasteiger partial charge in [0.05, 0.1) is 17.7 Å². The molecule has 3 rings (SSSR count). The fourth-order valence-electron chi connectivity index (χ4n) is 2.31. The van der Waals surface area contributed by atoms with E-state index in [0.717, 1.165) is 30.3 Å². The zero-order valence-corrected chi connectivity index (χ0v) is 11.2. The van der Waals surface area contributed by atoms with Gasteiger partial charge in [0.2, 0.25) is 0 Å². The first-order chi connectivity index (χ1) is 8.72. The maximum absolute atomic E-state index is 5.61. The molecule has 0 saturated carbocycles. The van der Waals surface area contributed by atoms with Gasteiger partial charge in [-0.15, -0.1) is 11.3 Å². The zero-order valence-electron chi connectivity index (χ0n) is 10.3. The van der Waals surface area contributed by atoms with E-state index in [4.69, 9.17) is 5.73 Å². The van der Waals surface area contributed by atoms with Gasteiger partial charge in [0.15, 0.2) is 5.13 Å². The third kappa shape index (κ3) is 2.18. The number of fused-ring (bicyclic) bond motifs is 1. The molecule has 0 amide bonds. The fraction of sp³-hybridized carbons (Fsp3) is 0.385. The summed E-state index contributed by atoms with van der Waals surface area (Å²) in [7, 11) is 0. The van der Waals surface area contributed by atoms with Crippen molar-refractivity contribution in [2.24, 2.45) is 5.92 Å². The van der Waals surface area contributed by atoms with Crippen LogP contribution in [0.4, 0.5) is 5.13 Å². The normalized spacial score (nSPS) is 19.3. The summed E-state index contributed by atoms with van der Waals surface area (Å²) in [5, 5.41) is 2.56. The molecule has 2 aromatic heterocycles. The summed E-state index contributed by atoms with van der Waals surface area (Å²) in [6, 6.07) is 0. The van der Waals surface area contributed by atoms with Crippen molar-refractivity contribution in [3.8, 4) is 0 Å². The highest BCUT2D eigenvalue weighted by molar-refractivity contribution is 7.13. The van der Waals surface area contributed by atoms with E-state index in [1.54, 1.807) is 0 Å². The summed E-state index contributed by atoms with van der Waals surface area (Å²) in [5.41, 5.74) is 8.92. The van der Waals surface area contributed by atoms with Gasteiger partial charge >= 0.3 is 0 Å². The Morgan fingerprint density at radius 3 is 3.17 bits per heavy atom. The molecule has 0 spiro atoms. The smallest absolute Gasteiger partial charge is 0.180 e. The van der Waals surface area contributed by atoms with Crippen LogP contribution in [-0.2, 0) is 13.0 Å². The highest BCUT2D eigenvalue weighted by Gasteiger charge is 2.17. The van der Waals surface area contributed by atoms with Gasteiger partial charge in [-0.3, -0.25) is 0 Å². The van der Waals surface area contributed by atoms with Gasteiger partial charge in [-0.2, -0.15) is 0 Å². The van der Waals surface area contributed by atoms with Crippen LogP contribution in [0.3, 0.4) is 0 Å². The lowest BCUT2D eigenvalue weighted by atomic mass is 9.97. The molecule has 3 heterocycles. The topological polar surface area (TPSA) is 56.7 Å².